The van der Waals surface area contributed by atoms with Gasteiger partial charge >= 0.3 is 0 Å². The van der Waals surface area contributed by atoms with E-state index in [0.717, 1.165) is 22.6 Å². The van der Waals surface area contributed by atoms with Crippen LogP contribution in [0.1, 0.15) is 41.0 Å². The summed E-state index contributed by atoms with van der Waals surface area (Å²) in [6, 6.07) is 29.0. The molecule has 0 spiro atoms. The molecule has 0 aliphatic heterocycles. The second kappa shape index (κ2) is 14.2. The minimum absolute atomic E-state index is 0.0162. The molecular weight excluding hydrogens is 514 g/mol. The van der Waals surface area contributed by atoms with Crippen LogP contribution in [-0.4, -0.2) is 53.5 Å². The van der Waals surface area contributed by atoms with Gasteiger partial charge in [0.25, 0.3) is 5.91 Å². The zero-order valence-corrected chi connectivity index (χ0v) is 24.3. The van der Waals surface area contributed by atoms with Crippen LogP contribution < -0.4 is 9.47 Å². The molecule has 4 rings (SSSR count). The molecular formula is C34H39N3O4. The van der Waals surface area contributed by atoms with Crippen molar-refractivity contribution in [2.24, 2.45) is 5.92 Å². The van der Waals surface area contributed by atoms with Crippen LogP contribution in [0.3, 0.4) is 0 Å². The van der Waals surface area contributed by atoms with Gasteiger partial charge in [-0.15, -0.1) is 0 Å². The van der Waals surface area contributed by atoms with Crippen molar-refractivity contribution in [1.82, 2.24) is 14.4 Å². The van der Waals surface area contributed by atoms with E-state index in [0.29, 0.717) is 37.5 Å². The lowest BCUT2D eigenvalue weighted by molar-refractivity contribution is -0.133. The number of nitrogens with zero attached hydrogens (tertiary/aromatic N) is 3. The number of hydrogen-bond donors (Lipinski definition) is 0. The first kappa shape index (κ1) is 29.5. The van der Waals surface area contributed by atoms with E-state index in [1.807, 2.05) is 85.6 Å². The summed E-state index contributed by atoms with van der Waals surface area (Å²) in [5, 5.41) is 0. The monoisotopic (exact) mass is 553 g/mol. The summed E-state index contributed by atoms with van der Waals surface area (Å²) in [4.78, 5) is 31.0. The molecule has 7 nitrogen and oxygen atoms in total. The third-order valence-electron chi connectivity index (χ3n) is 6.85. The predicted octanol–water partition coefficient (Wildman–Crippen LogP) is 5.88. The molecule has 214 valence electrons. The van der Waals surface area contributed by atoms with Crippen molar-refractivity contribution < 1.29 is 19.1 Å². The SMILES string of the molecule is COc1cccc(Cn2cccc2CN(Cc2ccccc2)C(=O)CN(CC(C)C)C(=O)c2cccc(OC)c2)c1. The molecule has 7 heteroatoms. The van der Waals surface area contributed by atoms with Crippen LogP contribution in [-0.2, 0) is 24.4 Å². The molecule has 0 unspecified atom stereocenters. The van der Waals surface area contributed by atoms with Crippen molar-refractivity contribution in [3.63, 3.8) is 0 Å². The van der Waals surface area contributed by atoms with Crippen molar-refractivity contribution in [2.45, 2.75) is 33.5 Å². The summed E-state index contributed by atoms with van der Waals surface area (Å²) in [5.41, 5.74) is 3.64. The van der Waals surface area contributed by atoms with Crippen LogP contribution in [0.15, 0.2) is 97.2 Å². The van der Waals surface area contributed by atoms with E-state index < -0.39 is 0 Å². The molecule has 0 saturated heterocycles. The quantitative estimate of drug-likeness (QED) is 0.207. The van der Waals surface area contributed by atoms with Gasteiger partial charge in [-0.25, -0.2) is 0 Å². The first-order valence-corrected chi connectivity index (χ1v) is 13.9. The average molecular weight is 554 g/mol. The van der Waals surface area contributed by atoms with E-state index in [2.05, 4.69) is 10.6 Å². The largest absolute Gasteiger partial charge is 0.497 e. The van der Waals surface area contributed by atoms with E-state index >= 15 is 0 Å². The highest BCUT2D eigenvalue weighted by atomic mass is 16.5. The van der Waals surface area contributed by atoms with Crippen LogP contribution >= 0.6 is 0 Å². The molecule has 1 heterocycles. The summed E-state index contributed by atoms with van der Waals surface area (Å²) < 4.78 is 12.9. The highest BCUT2D eigenvalue weighted by Crippen LogP contribution is 2.19. The first-order chi connectivity index (χ1) is 19.9. The molecule has 0 fully saturated rings. The van der Waals surface area contributed by atoms with E-state index in [9.17, 15) is 9.59 Å². The van der Waals surface area contributed by atoms with Crippen LogP contribution in [0, 0.1) is 5.92 Å². The van der Waals surface area contributed by atoms with Gasteiger partial charge in [0.2, 0.25) is 5.91 Å². The Bertz CT molecular complexity index is 1430. The number of benzene rings is 3. The summed E-state index contributed by atoms with van der Waals surface area (Å²) in [6.45, 7) is 6.04. The molecule has 0 bridgehead atoms. The third kappa shape index (κ3) is 8.24. The fourth-order valence-electron chi connectivity index (χ4n) is 4.81. The number of carbonyl (C=O) groups excluding carboxylic acids is 2. The molecule has 0 aliphatic rings. The van der Waals surface area contributed by atoms with Crippen LogP contribution in [0.2, 0.25) is 0 Å². The molecule has 2 amide bonds. The molecule has 0 atom stereocenters. The summed E-state index contributed by atoms with van der Waals surface area (Å²) in [5.74, 6) is 1.31. The van der Waals surface area contributed by atoms with Crippen LogP contribution in [0.5, 0.6) is 11.5 Å². The van der Waals surface area contributed by atoms with Gasteiger partial charge in [-0.3, -0.25) is 9.59 Å². The first-order valence-electron chi connectivity index (χ1n) is 13.9. The van der Waals surface area contributed by atoms with Crippen molar-refractivity contribution in [1.29, 1.82) is 0 Å². The van der Waals surface area contributed by atoms with Crippen LogP contribution in [0.4, 0.5) is 0 Å². The summed E-state index contributed by atoms with van der Waals surface area (Å²) >= 11 is 0. The molecule has 3 aromatic carbocycles. The Morgan fingerprint density at radius 3 is 2.15 bits per heavy atom. The van der Waals surface area contributed by atoms with Gasteiger partial charge in [-0.2, -0.15) is 0 Å². The number of carbonyl (C=O) groups is 2. The van der Waals surface area contributed by atoms with Gasteiger partial charge in [-0.1, -0.05) is 62.4 Å². The molecule has 1 aromatic heterocycles. The number of ether oxygens (including phenoxy) is 2. The molecule has 0 saturated carbocycles. The third-order valence-corrected chi connectivity index (χ3v) is 6.85. The lowest BCUT2D eigenvalue weighted by Crippen LogP contribution is -2.44. The zero-order valence-electron chi connectivity index (χ0n) is 24.3. The van der Waals surface area contributed by atoms with Gasteiger partial charge in [0.1, 0.15) is 18.0 Å². The van der Waals surface area contributed by atoms with Gasteiger partial charge < -0.3 is 23.8 Å². The maximum absolute atomic E-state index is 14.0. The minimum atomic E-state index is -0.188. The predicted molar refractivity (Wildman–Crippen MR) is 161 cm³/mol. The van der Waals surface area contributed by atoms with Crippen LogP contribution in [0.25, 0.3) is 0 Å². The Kier molecular flexibility index (Phi) is 10.2. The molecule has 4 aromatic rings. The van der Waals surface area contributed by atoms with E-state index in [1.54, 1.807) is 43.4 Å². The molecule has 0 N–H and O–H groups in total. The highest BCUT2D eigenvalue weighted by Gasteiger charge is 2.24. The number of amides is 2. The number of rotatable bonds is 13. The van der Waals surface area contributed by atoms with E-state index in [-0.39, 0.29) is 24.3 Å². The highest BCUT2D eigenvalue weighted by molar-refractivity contribution is 5.96. The zero-order chi connectivity index (χ0) is 29.2. The summed E-state index contributed by atoms with van der Waals surface area (Å²) in [6.07, 6.45) is 2.03. The molecule has 41 heavy (non-hydrogen) atoms. The lowest BCUT2D eigenvalue weighted by Gasteiger charge is -2.29. The second-order valence-corrected chi connectivity index (χ2v) is 10.5. The van der Waals surface area contributed by atoms with Crippen molar-refractivity contribution in [3.8, 4) is 11.5 Å². The smallest absolute Gasteiger partial charge is 0.254 e. The fourth-order valence-corrected chi connectivity index (χ4v) is 4.81. The standard InChI is InChI=1S/C34H39N3O4/c1-26(2)21-37(34(39)29-14-9-17-32(20-29)41-4)25-33(38)36(22-27-11-6-5-7-12-27)24-30-15-10-18-35(30)23-28-13-8-16-31(19-28)40-3/h5-20,26H,21-25H2,1-4H3. The van der Waals surface area contributed by atoms with E-state index in [1.165, 1.54) is 0 Å². The van der Waals surface area contributed by atoms with Gasteiger partial charge in [0, 0.05) is 37.1 Å². The van der Waals surface area contributed by atoms with E-state index in [4.69, 9.17) is 9.47 Å². The maximum Gasteiger partial charge on any atom is 0.254 e. The fraction of sp³-hybridized carbons (Fsp3) is 0.294. The Morgan fingerprint density at radius 2 is 1.44 bits per heavy atom. The molecule has 0 aliphatic carbocycles. The second-order valence-electron chi connectivity index (χ2n) is 10.5. The molecule has 0 radical (unpaired) electrons. The average Bonchev–Trinajstić information content (AvgIpc) is 3.42. The number of aromatic nitrogens is 1. The normalized spacial score (nSPS) is 10.9. The lowest BCUT2D eigenvalue weighted by atomic mass is 10.1. The van der Waals surface area contributed by atoms with Crippen molar-refractivity contribution in [2.75, 3.05) is 27.3 Å². The van der Waals surface area contributed by atoms with Gasteiger partial charge in [-0.05, 0) is 59.5 Å². The minimum Gasteiger partial charge on any atom is -0.497 e. The summed E-state index contributed by atoms with van der Waals surface area (Å²) in [7, 11) is 3.24. The Hall–Kier alpha value is -4.52. The van der Waals surface area contributed by atoms with Gasteiger partial charge in [0.15, 0.2) is 0 Å². The van der Waals surface area contributed by atoms with Crippen molar-refractivity contribution in [3.05, 3.63) is 120 Å². The Balaban J connectivity index is 1.58. The Labute approximate surface area is 242 Å². The number of methoxy groups -OCH3 is 2. The van der Waals surface area contributed by atoms with Gasteiger partial charge in [0.05, 0.1) is 20.8 Å². The number of hydrogen-bond acceptors (Lipinski definition) is 4. The maximum atomic E-state index is 14.0. The Morgan fingerprint density at radius 1 is 0.756 bits per heavy atom. The van der Waals surface area contributed by atoms with Crippen molar-refractivity contribution >= 4 is 11.8 Å². The topological polar surface area (TPSA) is 64.0 Å².